The monoisotopic (exact) mass is 210 g/mol. The summed E-state index contributed by atoms with van der Waals surface area (Å²) >= 11 is 0. The molecule has 0 fully saturated rings. The molecule has 2 N–H and O–H groups in total. The Balaban J connectivity index is 2.62. The predicted molar refractivity (Wildman–Crippen MR) is 50.8 cm³/mol. The number of hydrogen-bond acceptors (Lipinski definition) is 4. The highest BCUT2D eigenvalue weighted by Gasteiger charge is 2.08. The number of ether oxygens (including phenoxy) is 1. The van der Waals surface area contributed by atoms with Crippen LogP contribution in [0, 0.1) is 0 Å². The van der Waals surface area contributed by atoms with E-state index in [-0.39, 0.29) is 5.69 Å². The third kappa shape index (κ3) is 3.26. The molecule has 0 radical (unpaired) electrons. The van der Waals surface area contributed by atoms with E-state index < -0.39 is 18.4 Å². The van der Waals surface area contributed by atoms with Crippen LogP contribution in [-0.2, 0) is 4.79 Å². The first-order valence-electron chi connectivity index (χ1n) is 4.13. The molecule has 6 nitrogen and oxygen atoms in total. The molecule has 0 aliphatic heterocycles. The van der Waals surface area contributed by atoms with Gasteiger partial charge in [-0.25, -0.2) is 4.98 Å². The lowest BCUT2D eigenvalue weighted by atomic mass is 10.3. The number of carboxylic acids is 1. The molecule has 0 bridgehead atoms. The zero-order valence-electron chi connectivity index (χ0n) is 8.06. The molecule has 1 heterocycles. The minimum absolute atomic E-state index is 0.150. The maximum Gasteiger partial charge on any atom is 0.322 e. The minimum Gasteiger partial charge on any atom is -0.495 e. The molecule has 15 heavy (non-hydrogen) atoms. The van der Waals surface area contributed by atoms with E-state index in [4.69, 9.17) is 9.84 Å². The number of carboxylic acid groups (broad SMARTS) is 1. The van der Waals surface area contributed by atoms with E-state index in [2.05, 4.69) is 10.3 Å². The van der Waals surface area contributed by atoms with Crippen molar-refractivity contribution >= 4 is 11.9 Å². The summed E-state index contributed by atoms with van der Waals surface area (Å²) in [6.45, 7) is -0.424. The van der Waals surface area contributed by atoms with Gasteiger partial charge in [-0.3, -0.25) is 9.59 Å². The van der Waals surface area contributed by atoms with Gasteiger partial charge in [0.1, 0.15) is 18.0 Å². The summed E-state index contributed by atoms with van der Waals surface area (Å²) in [7, 11) is 1.49. The first-order chi connectivity index (χ1) is 7.13. The van der Waals surface area contributed by atoms with Crippen molar-refractivity contribution < 1.29 is 19.4 Å². The molecule has 1 aromatic heterocycles. The molecule has 0 aliphatic rings. The smallest absolute Gasteiger partial charge is 0.322 e. The molecule has 1 rings (SSSR count). The van der Waals surface area contributed by atoms with Gasteiger partial charge in [-0.05, 0) is 12.1 Å². The number of pyridine rings is 1. The fourth-order valence-corrected chi connectivity index (χ4v) is 0.882. The predicted octanol–water partition coefficient (Wildman–Crippen LogP) is -0.0954. The van der Waals surface area contributed by atoms with Crippen molar-refractivity contribution in [3.8, 4) is 5.75 Å². The molecule has 1 amide bonds. The van der Waals surface area contributed by atoms with Crippen molar-refractivity contribution in [2.75, 3.05) is 13.7 Å². The summed E-state index contributed by atoms with van der Waals surface area (Å²) in [5.74, 6) is -1.10. The Morgan fingerprint density at radius 1 is 1.53 bits per heavy atom. The summed E-state index contributed by atoms with van der Waals surface area (Å²) in [5.41, 5.74) is 0.150. The Bertz CT molecular complexity index is 361. The summed E-state index contributed by atoms with van der Waals surface area (Å²) in [6, 6.07) is 3.03. The molecule has 0 unspecified atom stereocenters. The molecule has 0 saturated carbocycles. The van der Waals surface area contributed by atoms with Gasteiger partial charge < -0.3 is 15.2 Å². The van der Waals surface area contributed by atoms with Crippen molar-refractivity contribution in [1.82, 2.24) is 10.3 Å². The third-order valence-electron chi connectivity index (χ3n) is 1.60. The fraction of sp³-hybridized carbons (Fsp3) is 0.222. The van der Waals surface area contributed by atoms with Gasteiger partial charge in [0, 0.05) is 0 Å². The number of hydrogen-bond donors (Lipinski definition) is 2. The minimum atomic E-state index is -1.10. The first kappa shape index (κ1) is 11.0. The standard InChI is InChI=1S/C9H10N2O4/c1-15-6-2-3-7(10-4-6)9(14)11-5-8(12)13/h2-4H,5H2,1H3,(H,11,14)(H,12,13). The van der Waals surface area contributed by atoms with Gasteiger partial charge in [-0.1, -0.05) is 0 Å². The van der Waals surface area contributed by atoms with Crippen LogP contribution in [0.2, 0.25) is 0 Å². The fourth-order valence-electron chi connectivity index (χ4n) is 0.882. The van der Waals surface area contributed by atoms with Crippen LogP contribution >= 0.6 is 0 Å². The number of amides is 1. The molecule has 1 aromatic rings. The van der Waals surface area contributed by atoms with E-state index >= 15 is 0 Å². The van der Waals surface area contributed by atoms with Crippen LogP contribution in [0.15, 0.2) is 18.3 Å². The zero-order valence-corrected chi connectivity index (χ0v) is 8.06. The summed E-state index contributed by atoms with van der Waals surface area (Å²) in [4.78, 5) is 25.2. The van der Waals surface area contributed by atoms with E-state index in [1.165, 1.54) is 19.4 Å². The highest BCUT2D eigenvalue weighted by Crippen LogP contribution is 2.07. The second-order valence-corrected chi connectivity index (χ2v) is 2.66. The molecule has 80 valence electrons. The average molecular weight is 210 g/mol. The Morgan fingerprint density at radius 2 is 2.27 bits per heavy atom. The van der Waals surface area contributed by atoms with Gasteiger partial charge in [-0.15, -0.1) is 0 Å². The first-order valence-corrected chi connectivity index (χ1v) is 4.13. The topological polar surface area (TPSA) is 88.5 Å². The quantitative estimate of drug-likeness (QED) is 0.724. The number of methoxy groups -OCH3 is 1. The number of carbonyl (C=O) groups is 2. The van der Waals surface area contributed by atoms with E-state index in [9.17, 15) is 9.59 Å². The van der Waals surface area contributed by atoms with Crippen LogP contribution in [0.4, 0.5) is 0 Å². The van der Waals surface area contributed by atoms with Crippen molar-refractivity contribution in [3.63, 3.8) is 0 Å². The molecule has 0 spiro atoms. The number of carbonyl (C=O) groups excluding carboxylic acids is 1. The molecule has 0 aliphatic carbocycles. The number of aromatic nitrogens is 1. The Hall–Kier alpha value is -2.11. The van der Waals surface area contributed by atoms with Crippen LogP contribution in [0.5, 0.6) is 5.75 Å². The number of aliphatic carboxylic acids is 1. The lowest BCUT2D eigenvalue weighted by molar-refractivity contribution is -0.135. The van der Waals surface area contributed by atoms with Gasteiger partial charge in [0.05, 0.1) is 13.3 Å². The van der Waals surface area contributed by atoms with Gasteiger partial charge in [0.2, 0.25) is 0 Å². The second-order valence-electron chi connectivity index (χ2n) is 2.66. The Kier molecular flexibility index (Phi) is 3.61. The van der Waals surface area contributed by atoms with Crippen LogP contribution in [0.3, 0.4) is 0 Å². The van der Waals surface area contributed by atoms with Crippen LogP contribution in [0.25, 0.3) is 0 Å². The van der Waals surface area contributed by atoms with E-state index in [0.717, 1.165) is 0 Å². The maximum absolute atomic E-state index is 11.3. The highest BCUT2D eigenvalue weighted by molar-refractivity contribution is 5.94. The van der Waals surface area contributed by atoms with E-state index in [1.807, 2.05) is 0 Å². The molecule has 0 atom stereocenters. The summed E-state index contributed by atoms with van der Waals surface area (Å²) in [5, 5.41) is 10.5. The lowest BCUT2D eigenvalue weighted by Crippen LogP contribution is -2.29. The van der Waals surface area contributed by atoms with Gasteiger partial charge in [0.15, 0.2) is 0 Å². The van der Waals surface area contributed by atoms with Crippen molar-refractivity contribution in [3.05, 3.63) is 24.0 Å². The van der Waals surface area contributed by atoms with Crippen LogP contribution in [-0.4, -0.2) is 35.6 Å². The van der Waals surface area contributed by atoms with Gasteiger partial charge in [-0.2, -0.15) is 0 Å². The number of rotatable bonds is 4. The Morgan fingerprint density at radius 3 is 2.73 bits per heavy atom. The largest absolute Gasteiger partial charge is 0.495 e. The molecule has 6 heteroatoms. The third-order valence-corrected chi connectivity index (χ3v) is 1.60. The van der Waals surface area contributed by atoms with Crippen molar-refractivity contribution in [2.24, 2.45) is 0 Å². The van der Waals surface area contributed by atoms with Gasteiger partial charge in [0.25, 0.3) is 5.91 Å². The van der Waals surface area contributed by atoms with Gasteiger partial charge >= 0.3 is 5.97 Å². The van der Waals surface area contributed by atoms with E-state index in [0.29, 0.717) is 5.75 Å². The molecule has 0 saturated heterocycles. The Labute approximate surface area is 85.9 Å². The normalized spacial score (nSPS) is 9.40. The maximum atomic E-state index is 11.3. The number of nitrogens with zero attached hydrogens (tertiary/aromatic N) is 1. The SMILES string of the molecule is COc1ccc(C(=O)NCC(=O)O)nc1. The number of nitrogens with one attached hydrogen (secondary N) is 1. The summed E-state index contributed by atoms with van der Waals surface area (Å²) < 4.78 is 4.86. The van der Waals surface area contributed by atoms with Crippen molar-refractivity contribution in [2.45, 2.75) is 0 Å². The average Bonchev–Trinajstić information content (AvgIpc) is 2.26. The molecule has 0 aromatic carbocycles. The molecular weight excluding hydrogens is 200 g/mol. The van der Waals surface area contributed by atoms with E-state index in [1.54, 1.807) is 6.07 Å². The second kappa shape index (κ2) is 4.94. The van der Waals surface area contributed by atoms with Crippen LogP contribution < -0.4 is 10.1 Å². The van der Waals surface area contributed by atoms with Crippen molar-refractivity contribution in [1.29, 1.82) is 0 Å². The van der Waals surface area contributed by atoms with Crippen LogP contribution in [0.1, 0.15) is 10.5 Å². The summed E-state index contributed by atoms with van der Waals surface area (Å²) in [6.07, 6.45) is 1.38. The molecular formula is C9H10N2O4. The zero-order chi connectivity index (χ0) is 11.3. The highest BCUT2D eigenvalue weighted by atomic mass is 16.5. The lowest BCUT2D eigenvalue weighted by Gasteiger charge is -2.02.